The molecule has 0 aliphatic rings. The Kier molecular flexibility index (Phi) is 10.9. The Hall–Kier alpha value is -2.08. The van der Waals surface area contributed by atoms with Gasteiger partial charge in [-0.3, -0.25) is 4.79 Å². The molecular weight excluding hydrogens is 519 g/mol. The zero-order chi connectivity index (χ0) is 21.3. The van der Waals surface area contributed by atoms with E-state index in [1.54, 1.807) is 18.2 Å². The van der Waals surface area contributed by atoms with Gasteiger partial charge in [0.1, 0.15) is 9.84 Å². The molecule has 0 fully saturated rings. The highest BCUT2D eigenvalue weighted by molar-refractivity contribution is 14.0. The number of hydrogen-bond acceptors (Lipinski definition) is 5. The molecule has 0 saturated heterocycles. The summed E-state index contributed by atoms with van der Waals surface area (Å²) in [6, 6.07) is 10.6. The number of halogens is 1. The van der Waals surface area contributed by atoms with E-state index in [4.69, 9.17) is 4.42 Å². The highest BCUT2D eigenvalue weighted by Gasteiger charge is 2.10. The van der Waals surface area contributed by atoms with E-state index in [1.165, 1.54) is 12.5 Å². The number of aliphatic imine (C=N–C) groups is 1. The van der Waals surface area contributed by atoms with E-state index in [1.807, 2.05) is 32.0 Å². The molecule has 1 unspecified atom stereocenters. The number of nitrogens with zero attached hydrogens (tertiary/aromatic N) is 1. The van der Waals surface area contributed by atoms with Gasteiger partial charge in [-0.2, -0.15) is 0 Å². The standard InChI is InChI=1S/C20H28N4O4S.HI/c1-4-21-20(23-15(2)10-12-29(3,26)27)22-14-16-7-5-8-17(13-16)24-19(25)18-9-6-11-28-18;/h5-9,11,13,15H,4,10,12,14H2,1-3H3,(H,24,25)(H2,21,22,23);1H. The second-order valence-corrected chi connectivity index (χ2v) is 9.05. The van der Waals surface area contributed by atoms with Crippen molar-refractivity contribution in [3.8, 4) is 0 Å². The fraction of sp³-hybridized carbons (Fsp3) is 0.400. The third kappa shape index (κ3) is 9.61. The molecule has 1 aromatic heterocycles. The molecule has 0 aliphatic carbocycles. The van der Waals surface area contributed by atoms with Crippen molar-refractivity contribution in [2.45, 2.75) is 32.9 Å². The van der Waals surface area contributed by atoms with Crippen LogP contribution in [0, 0.1) is 0 Å². The molecule has 3 N–H and O–H groups in total. The number of anilines is 1. The molecule has 1 atom stereocenters. The number of nitrogens with one attached hydrogen (secondary N) is 3. The largest absolute Gasteiger partial charge is 0.459 e. The number of carbonyl (C=O) groups excluding carboxylic acids is 1. The number of benzene rings is 1. The van der Waals surface area contributed by atoms with Crippen molar-refractivity contribution < 1.29 is 17.6 Å². The Morgan fingerprint density at radius 1 is 1.23 bits per heavy atom. The zero-order valence-corrected chi connectivity index (χ0v) is 20.5. The molecule has 0 spiro atoms. The number of hydrogen-bond donors (Lipinski definition) is 3. The summed E-state index contributed by atoms with van der Waals surface area (Å²) < 4.78 is 27.8. The molecule has 2 aromatic rings. The van der Waals surface area contributed by atoms with E-state index in [-0.39, 0.29) is 47.4 Å². The fourth-order valence-electron chi connectivity index (χ4n) is 2.53. The Morgan fingerprint density at radius 2 is 2.00 bits per heavy atom. The van der Waals surface area contributed by atoms with Crippen molar-refractivity contribution in [2.75, 3.05) is 23.9 Å². The maximum Gasteiger partial charge on any atom is 0.291 e. The van der Waals surface area contributed by atoms with Crippen LogP contribution in [0.1, 0.15) is 36.4 Å². The van der Waals surface area contributed by atoms with Crippen molar-refractivity contribution in [2.24, 2.45) is 4.99 Å². The van der Waals surface area contributed by atoms with E-state index in [0.29, 0.717) is 31.2 Å². The van der Waals surface area contributed by atoms with Gasteiger partial charge in [0.15, 0.2) is 11.7 Å². The summed E-state index contributed by atoms with van der Waals surface area (Å²) in [5.41, 5.74) is 1.57. The average molecular weight is 548 g/mol. The van der Waals surface area contributed by atoms with Gasteiger partial charge in [0.2, 0.25) is 0 Å². The third-order valence-corrected chi connectivity index (χ3v) is 4.98. The Labute approximate surface area is 194 Å². The normalized spacial score (nSPS) is 12.6. The molecular formula is C20H29IN4O4S. The molecule has 30 heavy (non-hydrogen) atoms. The second-order valence-electron chi connectivity index (χ2n) is 6.79. The SMILES string of the molecule is CCNC(=NCc1cccc(NC(=O)c2ccco2)c1)NC(C)CCS(C)(=O)=O.I. The first-order valence-electron chi connectivity index (χ1n) is 9.43. The van der Waals surface area contributed by atoms with Crippen LogP contribution in [0.5, 0.6) is 0 Å². The van der Waals surface area contributed by atoms with Gasteiger partial charge in [-0.25, -0.2) is 13.4 Å². The maximum absolute atomic E-state index is 12.1. The lowest BCUT2D eigenvalue weighted by molar-refractivity contribution is 0.0996. The van der Waals surface area contributed by atoms with E-state index in [0.717, 1.165) is 5.56 Å². The summed E-state index contributed by atoms with van der Waals surface area (Å²) in [5.74, 6) is 0.664. The minimum Gasteiger partial charge on any atom is -0.459 e. The first-order chi connectivity index (χ1) is 13.8. The van der Waals surface area contributed by atoms with Crippen LogP contribution in [0.3, 0.4) is 0 Å². The van der Waals surface area contributed by atoms with Crippen molar-refractivity contribution in [3.63, 3.8) is 0 Å². The highest BCUT2D eigenvalue weighted by atomic mass is 127. The van der Waals surface area contributed by atoms with Crippen molar-refractivity contribution in [1.29, 1.82) is 0 Å². The highest BCUT2D eigenvalue weighted by Crippen LogP contribution is 2.13. The van der Waals surface area contributed by atoms with Gasteiger partial charge < -0.3 is 20.4 Å². The van der Waals surface area contributed by atoms with Crippen LogP contribution < -0.4 is 16.0 Å². The Bertz CT molecular complexity index is 930. The van der Waals surface area contributed by atoms with Crippen LogP contribution in [-0.2, 0) is 16.4 Å². The smallest absolute Gasteiger partial charge is 0.291 e. The van der Waals surface area contributed by atoms with Crippen LogP contribution in [0.15, 0.2) is 52.1 Å². The Balaban J connectivity index is 0.00000450. The van der Waals surface area contributed by atoms with Crippen molar-refractivity contribution in [3.05, 3.63) is 54.0 Å². The monoisotopic (exact) mass is 548 g/mol. The number of carbonyl (C=O) groups is 1. The van der Waals surface area contributed by atoms with E-state index in [9.17, 15) is 13.2 Å². The third-order valence-electron chi connectivity index (χ3n) is 4.00. The van der Waals surface area contributed by atoms with Crippen LogP contribution in [-0.4, -0.2) is 44.9 Å². The quantitative estimate of drug-likeness (QED) is 0.252. The van der Waals surface area contributed by atoms with Gasteiger partial charge in [-0.15, -0.1) is 24.0 Å². The minimum absolute atomic E-state index is 0. The van der Waals surface area contributed by atoms with Gasteiger partial charge in [-0.05, 0) is 50.1 Å². The zero-order valence-electron chi connectivity index (χ0n) is 17.3. The predicted octanol–water partition coefficient (Wildman–Crippen LogP) is 3.03. The number of furan rings is 1. The Morgan fingerprint density at radius 3 is 2.63 bits per heavy atom. The van der Waals surface area contributed by atoms with Crippen LogP contribution in [0.4, 0.5) is 5.69 Å². The summed E-state index contributed by atoms with van der Waals surface area (Å²) in [6.07, 6.45) is 3.18. The number of rotatable bonds is 9. The number of guanidine groups is 1. The molecule has 10 heteroatoms. The van der Waals surface area contributed by atoms with Gasteiger partial charge in [0.05, 0.1) is 18.6 Å². The average Bonchev–Trinajstić information content (AvgIpc) is 3.19. The number of sulfone groups is 1. The predicted molar refractivity (Wildman–Crippen MR) is 130 cm³/mol. The molecule has 1 amide bonds. The first-order valence-corrected chi connectivity index (χ1v) is 11.5. The first kappa shape index (κ1) is 26.0. The van der Waals surface area contributed by atoms with E-state index >= 15 is 0 Å². The lowest BCUT2D eigenvalue weighted by Crippen LogP contribution is -2.42. The maximum atomic E-state index is 12.1. The molecule has 2 rings (SSSR count). The minimum atomic E-state index is -3.00. The summed E-state index contributed by atoms with van der Waals surface area (Å²) >= 11 is 0. The van der Waals surface area contributed by atoms with E-state index < -0.39 is 9.84 Å². The van der Waals surface area contributed by atoms with Gasteiger partial charge in [0.25, 0.3) is 5.91 Å². The van der Waals surface area contributed by atoms with Crippen molar-refractivity contribution in [1.82, 2.24) is 10.6 Å². The number of amides is 1. The molecule has 0 bridgehead atoms. The van der Waals surface area contributed by atoms with Crippen LogP contribution >= 0.6 is 24.0 Å². The van der Waals surface area contributed by atoms with Gasteiger partial charge in [-0.1, -0.05) is 12.1 Å². The molecule has 166 valence electrons. The molecule has 1 heterocycles. The van der Waals surface area contributed by atoms with Crippen LogP contribution in [0.2, 0.25) is 0 Å². The van der Waals surface area contributed by atoms with E-state index in [2.05, 4.69) is 20.9 Å². The molecule has 0 radical (unpaired) electrons. The lowest BCUT2D eigenvalue weighted by Gasteiger charge is -2.17. The summed E-state index contributed by atoms with van der Waals surface area (Å²) in [7, 11) is -3.00. The summed E-state index contributed by atoms with van der Waals surface area (Å²) in [4.78, 5) is 16.6. The molecule has 8 nitrogen and oxygen atoms in total. The lowest BCUT2D eigenvalue weighted by atomic mass is 10.2. The fourth-order valence-corrected chi connectivity index (χ4v) is 3.32. The summed E-state index contributed by atoms with van der Waals surface area (Å²) in [5, 5.41) is 9.16. The second kappa shape index (κ2) is 12.6. The van der Waals surface area contributed by atoms with Crippen LogP contribution in [0.25, 0.3) is 0 Å². The topological polar surface area (TPSA) is 113 Å². The summed E-state index contributed by atoms with van der Waals surface area (Å²) in [6.45, 7) is 4.97. The molecule has 0 saturated carbocycles. The molecule has 1 aromatic carbocycles. The van der Waals surface area contributed by atoms with Gasteiger partial charge >= 0.3 is 0 Å². The van der Waals surface area contributed by atoms with Crippen molar-refractivity contribution >= 4 is 51.4 Å². The molecule has 0 aliphatic heterocycles. The van der Waals surface area contributed by atoms with Gasteiger partial charge in [0, 0.05) is 24.5 Å².